The number of piperidine rings is 1. The summed E-state index contributed by atoms with van der Waals surface area (Å²) in [4.78, 5) is 25.0. The van der Waals surface area contributed by atoms with Crippen molar-refractivity contribution >= 4 is 22.9 Å². The van der Waals surface area contributed by atoms with Gasteiger partial charge in [0.1, 0.15) is 17.7 Å². The van der Waals surface area contributed by atoms with E-state index < -0.39 is 5.60 Å². The van der Waals surface area contributed by atoms with Crippen LogP contribution in [0.4, 0.5) is 10.6 Å². The summed E-state index contributed by atoms with van der Waals surface area (Å²) >= 11 is 0. The number of fused-ring (bicyclic) bond motifs is 1. The number of rotatable bonds is 3. The lowest BCUT2D eigenvalue weighted by Crippen LogP contribution is -2.43. The fourth-order valence-electron chi connectivity index (χ4n) is 3.41. The van der Waals surface area contributed by atoms with Gasteiger partial charge in [0.05, 0.1) is 11.6 Å². The van der Waals surface area contributed by atoms with E-state index in [0.29, 0.717) is 12.5 Å². The van der Waals surface area contributed by atoms with Crippen LogP contribution in [-0.2, 0) is 11.8 Å². The Morgan fingerprint density at radius 2 is 2.15 bits per heavy atom. The van der Waals surface area contributed by atoms with E-state index >= 15 is 0 Å². The zero-order valence-corrected chi connectivity index (χ0v) is 16.3. The Balaban J connectivity index is 1.68. The number of nitrogens with zero attached hydrogens (tertiary/aromatic N) is 6. The maximum atomic E-state index is 12.2. The molecule has 1 aliphatic heterocycles. The number of amides is 1. The second-order valence-corrected chi connectivity index (χ2v) is 8.02. The Morgan fingerprint density at radius 3 is 2.88 bits per heavy atom. The summed E-state index contributed by atoms with van der Waals surface area (Å²) in [6.45, 7) is 8.13. The first-order valence-electron chi connectivity index (χ1n) is 9.06. The number of carbonyl (C=O) groups is 1. The van der Waals surface area contributed by atoms with Crippen molar-refractivity contribution < 1.29 is 9.53 Å². The maximum absolute atomic E-state index is 12.2. The normalized spacial score (nSPS) is 18.2. The quantitative estimate of drug-likeness (QED) is 0.837. The molecule has 3 heterocycles. The van der Waals surface area contributed by atoms with Gasteiger partial charge in [0.2, 0.25) is 0 Å². The summed E-state index contributed by atoms with van der Waals surface area (Å²) in [6.07, 6.45) is 5.30. The van der Waals surface area contributed by atoms with Crippen LogP contribution in [0, 0.1) is 5.92 Å². The molecule has 0 unspecified atom stereocenters. The fraction of sp³-hybridized carbons (Fsp3) is 0.667. The summed E-state index contributed by atoms with van der Waals surface area (Å²) in [5.41, 5.74) is 0.361. The molecule has 1 atom stereocenters. The zero-order valence-electron chi connectivity index (χ0n) is 16.3. The van der Waals surface area contributed by atoms with Gasteiger partial charge in [0.15, 0.2) is 5.65 Å². The average Bonchev–Trinajstić information content (AvgIpc) is 2.95. The van der Waals surface area contributed by atoms with E-state index in [-0.39, 0.29) is 6.09 Å². The van der Waals surface area contributed by atoms with Gasteiger partial charge >= 0.3 is 6.09 Å². The molecule has 1 saturated heterocycles. The minimum absolute atomic E-state index is 0.272. The first-order chi connectivity index (χ1) is 12.2. The van der Waals surface area contributed by atoms with Crippen LogP contribution in [0.1, 0.15) is 33.6 Å². The smallest absolute Gasteiger partial charge is 0.410 e. The van der Waals surface area contributed by atoms with E-state index in [1.165, 1.54) is 0 Å². The Labute approximate surface area is 154 Å². The molecule has 0 radical (unpaired) electrons. The second kappa shape index (κ2) is 7.09. The minimum atomic E-state index is -0.475. The van der Waals surface area contributed by atoms with Crippen molar-refractivity contribution in [1.29, 1.82) is 0 Å². The van der Waals surface area contributed by atoms with Crippen molar-refractivity contribution in [3.63, 3.8) is 0 Å². The average molecular weight is 360 g/mol. The molecule has 0 N–H and O–H groups in total. The van der Waals surface area contributed by atoms with E-state index in [4.69, 9.17) is 4.74 Å². The fourth-order valence-corrected chi connectivity index (χ4v) is 3.41. The second-order valence-electron chi connectivity index (χ2n) is 8.02. The molecule has 0 aliphatic carbocycles. The van der Waals surface area contributed by atoms with Gasteiger partial charge in [-0.05, 0) is 39.5 Å². The van der Waals surface area contributed by atoms with Crippen molar-refractivity contribution in [2.75, 3.05) is 31.6 Å². The maximum Gasteiger partial charge on any atom is 0.410 e. The highest BCUT2D eigenvalue weighted by Gasteiger charge is 2.27. The van der Waals surface area contributed by atoms with Gasteiger partial charge in [-0.25, -0.2) is 14.8 Å². The summed E-state index contributed by atoms with van der Waals surface area (Å²) in [7, 11) is 3.69. The van der Waals surface area contributed by atoms with Crippen molar-refractivity contribution in [3.8, 4) is 0 Å². The standard InChI is InChI=1S/C18H28N6O2/c1-18(2,3)26-17(25)22(4)10-13-7-6-8-24(11-13)16-14-9-21-23(5)15(14)19-12-20-16/h9,12-13H,6-8,10-11H2,1-5H3/t13-/m1/s1. The highest BCUT2D eigenvalue weighted by Crippen LogP contribution is 2.27. The monoisotopic (exact) mass is 360 g/mol. The zero-order chi connectivity index (χ0) is 18.9. The van der Waals surface area contributed by atoms with E-state index in [9.17, 15) is 4.79 Å². The molecule has 1 fully saturated rings. The lowest BCUT2D eigenvalue weighted by atomic mass is 9.97. The third kappa shape index (κ3) is 4.05. The van der Waals surface area contributed by atoms with Gasteiger partial charge in [-0.2, -0.15) is 5.10 Å². The van der Waals surface area contributed by atoms with E-state index in [1.807, 2.05) is 34.0 Å². The first kappa shape index (κ1) is 18.4. The molecule has 26 heavy (non-hydrogen) atoms. The topological polar surface area (TPSA) is 76.4 Å². The van der Waals surface area contributed by atoms with Gasteiger partial charge in [0, 0.05) is 33.7 Å². The van der Waals surface area contributed by atoms with Crippen LogP contribution in [0.25, 0.3) is 11.0 Å². The van der Waals surface area contributed by atoms with E-state index in [2.05, 4.69) is 20.0 Å². The molecule has 0 bridgehead atoms. The molecule has 2 aromatic heterocycles. The molecule has 8 nitrogen and oxygen atoms in total. The molecule has 8 heteroatoms. The van der Waals surface area contributed by atoms with Gasteiger partial charge in [-0.3, -0.25) is 4.68 Å². The lowest BCUT2D eigenvalue weighted by molar-refractivity contribution is 0.0269. The Morgan fingerprint density at radius 1 is 1.38 bits per heavy atom. The molecule has 3 rings (SSSR count). The first-order valence-corrected chi connectivity index (χ1v) is 9.06. The van der Waals surface area contributed by atoms with Gasteiger partial charge in [-0.15, -0.1) is 0 Å². The van der Waals surface area contributed by atoms with Gasteiger partial charge in [-0.1, -0.05) is 0 Å². The summed E-state index contributed by atoms with van der Waals surface area (Å²) in [5, 5.41) is 5.26. The number of aromatic nitrogens is 4. The number of hydrogen-bond acceptors (Lipinski definition) is 6. The third-order valence-corrected chi connectivity index (χ3v) is 4.56. The van der Waals surface area contributed by atoms with Crippen LogP contribution < -0.4 is 4.90 Å². The van der Waals surface area contributed by atoms with Crippen LogP contribution >= 0.6 is 0 Å². The third-order valence-electron chi connectivity index (χ3n) is 4.56. The molecule has 2 aromatic rings. The molecule has 0 spiro atoms. The Hall–Kier alpha value is -2.38. The highest BCUT2D eigenvalue weighted by molar-refractivity contribution is 5.86. The molecule has 1 amide bonds. The van der Waals surface area contributed by atoms with E-state index in [0.717, 1.165) is 42.8 Å². The minimum Gasteiger partial charge on any atom is -0.444 e. The van der Waals surface area contributed by atoms with E-state index in [1.54, 1.807) is 23.0 Å². The SMILES string of the molecule is CN(C[C@H]1CCCN(c2ncnc3c2cnn3C)C1)C(=O)OC(C)(C)C. The van der Waals surface area contributed by atoms with Crippen molar-refractivity contribution in [2.24, 2.45) is 13.0 Å². The number of hydrogen-bond donors (Lipinski definition) is 0. The predicted molar refractivity (Wildman–Crippen MR) is 100 cm³/mol. The largest absolute Gasteiger partial charge is 0.444 e. The van der Waals surface area contributed by atoms with Crippen LogP contribution in [0.2, 0.25) is 0 Å². The number of anilines is 1. The number of ether oxygens (including phenoxy) is 1. The Bertz CT molecular complexity index is 782. The van der Waals surface area contributed by atoms with Gasteiger partial charge in [0.25, 0.3) is 0 Å². The molecular weight excluding hydrogens is 332 g/mol. The van der Waals surface area contributed by atoms with Crippen molar-refractivity contribution in [1.82, 2.24) is 24.6 Å². The molecular formula is C18H28N6O2. The Kier molecular flexibility index (Phi) is 5.02. The summed E-state index contributed by atoms with van der Waals surface area (Å²) in [6, 6.07) is 0. The van der Waals surface area contributed by atoms with Gasteiger partial charge < -0.3 is 14.5 Å². The predicted octanol–water partition coefficient (Wildman–Crippen LogP) is 2.45. The van der Waals surface area contributed by atoms with Crippen LogP contribution in [-0.4, -0.2) is 63.0 Å². The molecule has 1 aliphatic rings. The van der Waals surface area contributed by atoms with Crippen LogP contribution in [0.5, 0.6) is 0 Å². The number of carbonyl (C=O) groups excluding carboxylic acids is 1. The number of aryl methyl sites for hydroxylation is 1. The molecule has 0 aromatic carbocycles. The summed E-state index contributed by atoms with van der Waals surface area (Å²) in [5.74, 6) is 1.30. The molecule has 142 valence electrons. The van der Waals surface area contributed by atoms with Crippen molar-refractivity contribution in [2.45, 2.75) is 39.2 Å². The highest BCUT2D eigenvalue weighted by atomic mass is 16.6. The molecule has 0 saturated carbocycles. The van der Waals surface area contributed by atoms with Crippen LogP contribution in [0.3, 0.4) is 0 Å². The lowest BCUT2D eigenvalue weighted by Gasteiger charge is -2.35. The van der Waals surface area contributed by atoms with Crippen LogP contribution in [0.15, 0.2) is 12.5 Å². The summed E-state index contributed by atoms with van der Waals surface area (Å²) < 4.78 is 7.22. The van der Waals surface area contributed by atoms with Crippen molar-refractivity contribution in [3.05, 3.63) is 12.5 Å².